The summed E-state index contributed by atoms with van der Waals surface area (Å²) in [6.07, 6.45) is 0.747. The van der Waals surface area contributed by atoms with Crippen LogP contribution in [-0.2, 0) is 9.59 Å². The van der Waals surface area contributed by atoms with E-state index in [1.165, 1.54) is 11.8 Å². The van der Waals surface area contributed by atoms with Crippen molar-refractivity contribution in [2.24, 2.45) is 0 Å². The topological polar surface area (TPSA) is 66.8 Å². The van der Waals surface area contributed by atoms with Crippen molar-refractivity contribution < 1.29 is 19.4 Å². The van der Waals surface area contributed by atoms with E-state index < -0.39 is 17.7 Å². The second kappa shape index (κ2) is 5.99. The van der Waals surface area contributed by atoms with E-state index in [9.17, 15) is 14.7 Å². The van der Waals surface area contributed by atoms with Crippen molar-refractivity contribution in [1.82, 2.24) is 4.90 Å². The van der Waals surface area contributed by atoms with Crippen LogP contribution < -0.4 is 4.74 Å². The van der Waals surface area contributed by atoms with Gasteiger partial charge in [-0.05, 0) is 31.0 Å². The lowest BCUT2D eigenvalue weighted by Crippen LogP contribution is -2.31. The minimum absolute atomic E-state index is 0.165. The molecule has 5 heteroatoms. The summed E-state index contributed by atoms with van der Waals surface area (Å²) in [5, 5.41) is 10.0. The number of ether oxygens (including phenoxy) is 1. The lowest BCUT2D eigenvalue weighted by molar-refractivity contribution is -0.129. The van der Waals surface area contributed by atoms with Crippen molar-refractivity contribution >= 4 is 11.7 Å². The molecule has 5 nitrogen and oxygen atoms in total. The summed E-state index contributed by atoms with van der Waals surface area (Å²) in [5.41, 5.74) is 0.950. The molecule has 112 valence electrons. The fourth-order valence-corrected chi connectivity index (χ4v) is 2.62. The summed E-state index contributed by atoms with van der Waals surface area (Å²) >= 11 is 0. The molecule has 0 unspecified atom stereocenters. The Morgan fingerprint density at radius 2 is 1.95 bits per heavy atom. The highest BCUT2D eigenvalue weighted by Gasteiger charge is 2.41. The molecular formula is C16H19NO4. The molecule has 1 aliphatic rings. The maximum atomic E-state index is 12.2. The number of ketones is 1. The number of Topliss-reactive ketones (excluding diaryl/α,β-unsaturated/α-hetero) is 1. The number of hydrogen-bond donors (Lipinski definition) is 1. The first-order chi connectivity index (χ1) is 10.0. The number of benzene rings is 1. The van der Waals surface area contributed by atoms with Gasteiger partial charge in [0, 0.05) is 6.54 Å². The summed E-state index contributed by atoms with van der Waals surface area (Å²) < 4.78 is 5.11. The van der Waals surface area contributed by atoms with E-state index in [2.05, 4.69) is 0 Å². The number of aliphatic hydroxyl groups excluding tert-OH is 1. The molecule has 0 bridgehead atoms. The number of amides is 1. The van der Waals surface area contributed by atoms with Gasteiger partial charge in [0.05, 0.1) is 18.7 Å². The van der Waals surface area contributed by atoms with Crippen molar-refractivity contribution in [2.45, 2.75) is 26.3 Å². The number of carbonyl (C=O) groups is 2. The van der Waals surface area contributed by atoms with Crippen molar-refractivity contribution in [3.63, 3.8) is 0 Å². The van der Waals surface area contributed by atoms with Crippen LogP contribution >= 0.6 is 0 Å². The van der Waals surface area contributed by atoms with Crippen LogP contribution in [0.3, 0.4) is 0 Å². The Bertz CT molecular complexity index is 589. The van der Waals surface area contributed by atoms with Gasteiger partial charge in [0.15, 0.2) is 11.5 Å². The number of nitrogens with zero attached hydrogens (tertiary/aromatic N) is 1. The molecule has 21 heavy (non-hydrogen) atoms. The molecule has 0 aromatic heterocycles. The molecule has 0 radical (unpaired) electrons. The highest BCUT2D eigenvalue weighted by Crippen LogP contribution is 2.38. The van der Waals surface area contributed by atoms with E-state index in [0.717, 1.165) is 12.0 Å². The van der Waals surface area contributed by atoms with E-state index in [1.807, 2.05) is 6.92 Å². The van der Waals surface area contributed by atoms with Crippen LogP contribution in [0.25, 0.3) is 0 Å². The first-order valence-corrected chi connectivity index (χ1v) is 6.90. The summed E-state index contributed by atoms with van der Waals surface area (Å²) in [4.78, 5) is 25.5. The smallest absolute Gasteiger partial charge is 0.290 e. The Labute approximate surface area is 123 Å². The van der Waals surface area contributed by atoms with Crippen LogP contribution in [0.4, 0.5) is 0 Å². The van der Waals surface area contributed by atoms with Gasteiger partial charge in [0.2, 0.25) is 0 Å². The third kappa shape index (κ3) is 2.63. The number of carbonyl (C=O) groups excluding carboxylic acids is 2. The number of hydrogen-bond acceptors (Lipinski definition) is 4. The molecule has 1 aromatic carbocycles. The fourth-order valence-electron chi connectivity index (χ4n) is 2.62. The lowest BCUT2D eigenvalue weighted by Gasteiger charge is -2.26. The van der Waals surface area contributed by atoms with Crippen molar-refractivity contribution in [1.29, 1.82) is 0 Å². The van der Waals surface area contributed by atoms with E-state index in [-0.39, 0.29) is 11.4 Å². The largest absolute Gasteiger partial charge is 0.503 e. The highest BCUT2D eigenvalue weighted by molar-refractivity contribution is 6.08. The molecule has 1 heterocycles. The predicted molar refractivity (Wildman–Crippen MR) is 78.1 cm³/mol. The van der Waals surface area contributed by atoms with Crippen LogP contribution in [0, 0.1) is 0 Å². The molecular weight excluding hydrogens is 270 g/mol. The Kier molecular flexibility index (Phi) is 4.31. The van der Waals surface area contributed by atoms with Crippen molar-refractivity contribution in [3.05, 3.63) is 41.2 Å². The zero-order chi connectivity index (χ0) is 15.6. The Balaban J connectivity index is 2.48. The fraction of sp³-hybridized carbons (Fsp3) is 0.375. The molecule has 0 saturated carbocycles. The van der Waals surface area contributed by atoms with Gasteiger partial charge in [-0.1, -0.05) is 19.1 Å². The quantitative estimate of drug-likeness (QED) is 0.903. The second-order valence-electron chi connectivity index (χ2n) is 4.99. The van der Waals surface area contributed by atoms with Gasteiger partial charge >= 0.3 is 0 Å². The van der Waals surface area contributed by atoms with Crippen LogP contribution in [0.5, 0.6) is 5.75 Å². The highest BCUT2D eigenvalue weighted by atomic mass is 16.5. The van der Waals surface area contributed by atoms with E-state index >= 15 is 0 Å². The van der Waals surface area contributed by atoms with Crippen LogP contribution in [0.2, 0.25) is 0 Å². The average Bonchev–Trinajstić information content (AvgIpc) is 2.73. The third-order valence-corrected chi connectivity index (χ3v) is 3.58. The van der Waals surface area contributed by atoms with Gasteiger partial charge in [-0.2, -0.15) is 0 Å². The van der Waals surface area contributed by atoms with Gasteiger partial charge in [0.1, 0.15) is 5.75 Å². The molecule has 1 N–H and O–H groups in total. The monoisotopic (exact) mass is 289 g/mol. The minimum atomic E-state index is -0.527. The SMILES string of the molecule is CCCN1C(=O)C(O)=C(C(C)=O)[C@H]1c1ccc(OC)cc1. The summed E-state index contributed by atoms with van der Waals surface area (Å²) in [6.45, 7) is 3.79. The number of aliphatic hydroxyl groups is 1. The van der Waals surface area contributed by atoms with Crippen LogP contribution in [0.15, 0.2) is 35.6 Å². The van der Waals surface area contributed by atoms with E-state index in [1.54, 1.807) is 31.4 Å². The van der Waals surface area contributed by atoms with Gasteiger partial charge in [0.25, 0.3) is 5.91 Å². The average molecular weight is 289 g/mol. The Morgan fingerprint density at radius 1 is 1.33 bits per heavy atom. The molecule has 1 aromatic rings. The van der Waals surface area contributed by atoms with Gasteiger partial charge < -0.3 is 14.7 Å². The minimum Gasteiger partial charge on any atom is -0.503 e. The van der Waals surface area contributed by atoms with Crippen molar-refractivity contribution in [3.8, 4) is 5.75 Å². The Morgan fingerprint density at radius 3 is 2.43 bits per heavy atom. The molecule has 0 spiro atoms. The summed E-state index contributed by atoms with van der Waals surface area (Å²) in [6, 6.07) is 6.64. The summed E-state index contributed by atoms with van der Waals surface area (Å²) in [5.74, 6) is -0.511. The van der Waals surface area contributed by atoms with E-state index in [0.29, 0.717) is 12.3 Å². The van der Waals surface area contributed by atoms with Crippen LogP contribution in [-0.4, -0.2) is 35.4 Å². The predicted octanol–water partition coefficient (Wildman–Crippen LogP) is 2.39. The van der Waals surface area contributed by atoms with Crippen LogP contribution in [0.1, 0.15) is 31.9 Å². The molecule has 1 aliphatic heterocycles. The van der Waals surface area contributed by atoms with Gasteiger partial charge in [-0.15, -0.1) is 0 Å². The van der Waals surface area contributed by atoms with Gasteiger partial charge in [-0.25, -0.2) is 0 Å². The molecule has 1 atom stereocenters. The normalized spacial score (nSPS) is 18.3. The standard InChI is InChI=1S/C16H19NO4/c1-4-9-17-14(11-5-7-12(21-3)8-6-11)13(10(2)18)15(19)16(17)20/h5-8,14,19H,4,9H2,1-3H3/t14-/m1/s1. The molecule has 0 fully saturated rings. The first-order valence-electron chi connectivity index (χ1n) is 6.90. The number of rotatable bonds is 5. The molecule has 1 amide bonds. The summed E-state index contributed by atoms with van der Waals surface area (Å²) in [7, 11) is 1.57. The molecule has 2 rings (SSSR count). The second-order valence-corrected chi connectivity index (χ2v) is 4.99. The molecule has 0 aliphatic carbocycles. The maximum Gasteiger partial charge on any atom is 0.290 e. The third-order valence-electron chi connectivity index (χ3n) is 3.58. The Hall–Kier alpha value is -2.30. The van der Waals surface area contributed by atoms with Crippen molar-refractivity contribution in [2.75, 3.05) is 13.7 Å². The number of methoxy groups -OCH3 is 1. The zero-order valence-corrected chi connectivity index (χ0v) is 12.4. The maximum absolute atomic E-state index is 12.2. The van der Waals surface area contributed by atoms with Gasteiger partial charge in [-0.3, -0.25) is 9.59 Å². The molecule has 0 saturated heterocycles. The van der Waals surface area contributed by atoms with E-state index in [4.69, 9.17) is 4.74 Å². The first kappa shape index (κ1) is 15.1. The zero-order valence-electron chi connectivity index (χ0n) is 12.4. The lowest BCUT2D eigenvalue weighted by atomic mass is 9.96.